The van der Waals surface area contributed by atoms with Gasteiger partial charge in [0.05, 0.1) is 11.4 Å². The highest BCUT2D eigenvalue weighted by Gasteiger charge is 2.11. The Hall–Kier alpha value is -2.99. The molecule has 26 heavy (non-hydrogen) atoms. The molecule has 0 bridgehead atoms. The molecule has 0 aliphatic heterocycles. The predicted octanol–water partition coefficient (Wildman–Crippen LogP) is 4.79. The normalized spacial score (nSPS) is 10.8. The van der Waals surface area contributed by atoms with Gasteiger partial charge >= 0.3 is 0 Å². The van der Waals surface area contributed by atoms with Crippen LogP contribution in [0.15, 0.2) is 76.3 Å². The van der Waals surface area contributed by atoms with Crippen LogP contribution in [0.5, 0.6) is 0 Å². The van der Waals surface area contributed by atoms with Crippen molar-refractivity contribution in [3.63, 3.8) is 0 Å². The quantitative estimate of drug-likeness (QED) is 0.376. The first-order valence-corrected chi connectivity index (χ1v) is 9.18. The van der Waals surface area contributed by atoms with Crippen LogP contribution in [0.3, 0.4) is 0 Å². The van der Waals surface area contributed by atoms with Gasteiger partial charge in [-0.15, -0.1) is 10.2 Å². The molecule has 2 heterocycles. The Labute approximate surface area is 155 Å². The Morgan fingerprint density at radius 3 is 2.27 bits per heavy atom. The smallest absolute Gasteiger partial charge is 0.247 e. The average molecular weight is 360 g/mol. The lowest BCUT2D eigenvalue weighted by Crippen LogP contribution is -1.94. The van der Waals surface area contributed by atoms with Gasteiger partial charge in [-0.05, 0) is 25.1 Å². The van der Waals surface area contributed by atoms with Crippen molar-refractivity contribution in [1.29, 1.82) is 0 Å². The van der Waals surface area contributed by atoms with Crippen molar-refractivity contribution in [2.75, 3.05) is 0 Å². The number of nitrogens with zero attached hydrogens (tertiary/aromatic N) is 4. The number of hydrogen-bond acceptors (Lipinski definition) is 6. The second kappa shape index (κ2) is 7.49. The van der Waals surface area contributed by atoms with Crippen LogP contribution in [-0.4, -0.2) is 20.2 Å². The summed E-state index contributed by atoms with van der Waals surface area (Å²) in [6, 6.07) is 21.8. The Morgan fingerprint density at radius 2 is 1.54 bits per heavy atom. The number of benzene rings is 2. The lowest BCUT2D eigenvalue weighted by Gasteiger charge is -2.05. The van der Waals surface area contributed by atoms with Gasteiger partial charge in [-0.25, -0.2) is 9.97 Å². The molecule has 0 aliphatic carbocycles. The molecule has 2 aromatic carbocycles. The Bertz CT molecular complexity index is 1000. The first-order valence-electron chi connectivity index (χ1n) is 8.19. The number of aryl methyl sites for hydroxylation is 1. The summed E-state index contributed by atoms with van der Waals surface area (Å²) in [6.45, 7) is 1.97. The molecular formula is C20H16N4OS. The van der Waals surface area contributed by atoms with E-state index in [0.29, 0.717) is 22.7 Å². The van der Waals surface area contributed by atoms with Gasteiger partial charge < -0.3 is 4.42 Å². The van der Waals surface area contributed by atoms with E-state index in [1.165, 1.54) is 11.8 Å². The lowest BCUT2D eigenvalue weighted by atomic mass is 10.1. The molecule has 6 heteroatoms. The number of thioether (sulfide) groups is 1. The molecule has 0 saturated heterocycles. The molecule has 0 aliphatic rings. The largest absolute Gasteiger partial charge is 0.420 e. The zero-order valence-electron chi connectivity index (χ0n) is 14.2. The summed E-state index contributed by atoms with van der Waals surface area (Å²) in [6.07, 6.45) is 0. The van der Waals surface area contributed by atoms with Crippen molar-refractivity contribution < 1.29 is 4.42 Å². The molecule has 0 atom stereocenters. The number of rotatable bonds is 5. The van der Waals surface area contributed by atoms with Gasteiger partial charge in [0, 0.05) is 16.8 Å². The average Bonchev–Trinajstić information content (AvgIpc) is 3.16. The maximum Gasteiger partial charge on any atom is 0.247 e. The molecule has 128 valence electrons. The van der Waals surface area contributed by atoms with E-state index >= 15 is 0 Å². The minimum Gasteiger partial charge on any atom is -0.420 e. The molecule has 4 rings (SSSR count). The van der Waals surface area contributed by atoms with Crippen LogP contribution in [-0.2, 0) is 5.75 Å². The molecule has 0 amide bonds. The summed E-state index contributed by atoms with van der Waals surface area (Å²) >= 11 is 1.49. The third-order valence-electron chi connectivity index (χ3n) is 3.72. The van der Waals surface area contributed by atoms with Crippen molar-refractivity contribution >= 4 is 11.8 Å². The summed E-state index contributed by atoms with van der Waals surface area (Å²) in [4.78, 5) is 9.15. The maximum atomic E-state index is 5.74. The van der Waals surface area contributed by atoms with Crippen LogP contribution in [0.25, 0.3) is 22.7 Å². The van der Waals surface area contributed by atoms with Crippen molar-refractivity contribution in [3.05, 3.63) is 78.3 Å². The van der Waals surface area contributed by atoms with Gasteiger partial charge in [-0.2, -0.15) is 0 Å². The molecule has 0 radical (unpaired) electrons. The minimum absolute atomic E-state index is 0.524. The van der Waals surface area contributed by atoms with E-state index in [2.05, 4.69) is 20.2 Å². The summed E-state index contributed by atoms with van der Waals surface area (Å²) in [5, 5.41) is 8.93. The number of aromatic nitrogens is 4. The van der Waals surface area contributed by atoms with Gasteiger partial charge in [0.25, 0.3) is 0 Å². The van der Waals surface area contributed by atoms with Crippen molar-refractivity contribution in [2.24, 2.45) is 0 Å². The molecule has 0 saturated carbocycles. The van der Waals surface area contributed by atoms with Crippen LogP contribution >= 0.6 is 11.8 Å². The molecular weight excluding hydrogens is 344 g/mol. The fourth-order valence-electron chi connectivity index (χ4n) is 2.50. The zero-order chi connectivity index (χ0) is 17.8. The molecule has 0 spiro atoms. The molecule has 0 fully saturated rings. The van der Waals surface area contributed by atoms with Crippen molar-refractivity contribution in [2.45, 2.75) is 17.8 Å². The van der Waals surface area contributed by atoms with E-state index in [-0.39, 0.29) is 0 Å². The predicted molar refractivity (Wildman–Crippen MR) is 102 cm³/mol. The lowest BCUT2D eigenvalue weighted by molar-refractivity contribution is 0.528. The van der Waals surface area contributed by atoms with E-state index < -0.39 is 0 Å². The van der Waals surface area contributed by atoms with Gasteiger partial charge in [0.15, 0.2) is 5.16 Å². The van der Waals surface area contributed by atoms with Gasteiger partial charge in [-0.1, -0.05) is 60.3 Å². The van der Waals surface area contributed by atoms with E-state index in [1.54, 1.807) is 0 Å². The van der Waals surface area contributed by atoms with Crippen LogP contribution in [0.1, 0.15) is 11.6 Å². The van der Waals surface area contributed by atoms with E-state index in [4.69, 9.17) is 4.42 Å². The summed E-state index contributed by atoms with van der Waals surface area (Å²) in [7, 11) is 0. The van der Waals surface area contributed by atoms with Crippen LogP contribution in [0.4, 0.5) is 0 Å². The topological polar surface area (TPSA) is 64.7 Å². The van der Waals surface area contributed by atoms with Gasteiger partial charge in [-0.3, -0.25) is 0 Å². The van der Waals surface area contributed by atoms with Crippen LogP contribution in [0, 0.1) is 6.92 Å². The first-order chi connectivity index (χ1) is 12.8. The fraction of sp³-hybridized carbons (Fsp3) is 0.100. The second-order valence-corrected chi connectivity index (χ2v) is 6.64. The molecule has 0 N–H and O–H groups in total. The highest BCUT2D eigenvalue weighted by Crippen LogP contribution is 2.25. The third kappa shape index (κ3) is 3.81. The Kier molecular flexibility index (Phi) is 4.75. The minimum atomic E-state index is 0.524. The first kappa shape index (κ1) is 16.5. The summed E-state index contributed by atoms with van der Waals surface area (Å²) < 4.78 is 5.74. The van der Waals surface area contributed by atoms with E-state index in [0.717, 1.165) is 22.5 Å². The van der Waals surface area contributed by atoms with Crippen molar-refractivity contribution in [1.82, 2.24) is 20.2 Å². The fourth-order valence-corrected chi connectivity index (χ4v) is 3.24. The van der Waals surface area contributed by atoms with Crippen molar-refractivity contribution in [3.8, 4) is 22.7 Å². The van der Waals surface area contributed by atoms with Crippen LogP contribution < -0.4 is 0 Å². The number of hydrogen-bond donors (Lipinski definition) is 0. The molecule has 5 nitrogen and oxygen atoms in total. The summed E-state index contributed by atoms with van der Waals surface area (Å²) in [5.41, 5.74) is 3.83. The van der Waals surface area contributed by atoms with Crippen LogP contribution in [0.2, 0.25) is 0 Å². The third-order valence-corrected chi connectivity index (χ3v) is 4.55. The standard InChI is InChI=1S/C20H16N4OS/c1-14-12-17(15-8-4-2-5-9-15)22-20(21-14)26-13-18-23-24-19(25-18)16-10-6-3-7-11-16/h2-12H,13H2,1H3. The Morgan fingerprint density at radius 1 is 0.846 bits per heavy atom. The zero-order valence-corrected chi connectivity index (χ0v) is 15.0. The molecule has 0 unspecified atom stereocenters. The maximum absolute atomic E-state index is 5.74. The Balaban J connectivity index is 1.50. The van der Waals surface area contributed by atoms with Gasteiger partial charge in [0.1, 0.15) is 0 Å². The highest BCUT2D eigenvalue weighted by atomic mass is 32.2. The second-order valence-electron chi connectivity index (χ2n) is 5.70. The molecule has 4 aromatic rings. The summed E-state index contributed by atoms with van der Waals surface area (Å²) in [5.74, 6) is 1.61. The molecule has 2 aromatic heterocycles. The monoisotopic (exact) mass is 360 g/mol. The van der Waals surface area contributed by atoms with E-state index in [9.17, 15) is 0 Å². The highest BCUT2D eigenvalue weighted by molar-refractivity contribution is 7.98. The SMILES string of the molecule is Cc1cc(-c2ccccc2)nc(SCc2nnc(-c3ccccc3)o2)n1. The van der Waals surface area contributed by atoms with E-state index in [1.807, 2.05) is 73.7 Å². The van der Waals surface area contributed by atoms with Gasteiger partial charge in [0.2, 0.25) is 11.8 Å².